The van der Waals surface area contributed by atoms with Crippen LogP contribution < -0.4 is 5.32 Å². The van der Waals surface area contributed by atoms with Crippen molar-refractivity contribution in [1.29, 1.82) is 0 Å². The minimum atomic E-state index is -2.80. The molecule has 0 saturated carbocycles. The molecule has 1 aromatic rings. The van der Waals surface area contributed by atoms with Crippen molar-refractivity contribution in [2.45, 2.75) is 38.7 Å². The molecule has 0 saturated heterocycles. The van der Waals surface area contributed by atoms with Crippen LogP contribution in [0.1, 0.15) is 41.7 Å². The third-order valence-electron chi connectivity index (χ3n) is 2.27. The fourth-order valence-electron chi connectivity index (χ4n) is 1.29. The second-order valence-corrected chi connectivity index (χ2v) is 5.11. The molecule has 106 valence electrons. The lowest BCUT2D eigenvalue weighted by atomic mass is 10.2. The summed E-state index contributed by atoms with van der Waals surface area (Å²) in [6, 6.07) is -1.61. The molecule has 1 heterocycles. The molecule has 19 heavy (non-hydrogen) atoms. The number of aliphatic carboxylic acids is 1. The maximum Gasteiger partial charge on any atom is 0.326 e. The van der Waals surface area contributed by atoms with Crippen LogP contribution in [-0.4, -0.2) is 34.4 Å². The molecule has 0 aliphatic rings. The molecule has 1 rings (SSSR count). The lowest BCUT2D eigenvalue weighted by molar-refractivity contribution is -0.140. The molecule has 0 spiro atoms. The second-order valence-electron chi connectivity index (χ2n) is 4.22. The summed E-state index contributed by atoms with van der Waals surface area (Å²) in [5.41, 5.74) is 0.0502. The van der Waals surface area contributed by atoms with Crippen molar-refractivity contribution in [2.75, 3.05) is 0 Å². The van der Waals surface area contributed by atoms with Crippen molar-refractivity contribution in [3.8, 4) is 0 Å². The van der Waals surface area contributed by atoms with Crippen LogP contribution in [0.5, 0.6) is 0 Å². The zero-order chi connectivity index (χ0) is 14.6. The van der Waals surface area contributed by atoms with Crippen LogP contribution >= 0.6 is 11.3 Å². The number of aromatic nitrogens is 1. The largest absolute Gasteiger partial charge is 0.480 e. The van der Waals surface area contributed by atoms with Crippen molar-refractivity contribution < 1.29 is 23.5 Å². The van der Waals surface area contributed by atoms with Gasteiger partial charge in [0.1, 0.15) is 11.7 Å². The first-order chi connectivity index (χ1) is 8.81. The molecule has 0 radical (unpaired) electrons. The number of carboxylic acid groups (broad SMARTS) is 1. The number of hydrogen-bond donors (Lipinski definition) is 2. The summed E-state index contributed by atoms with van der Waals surface area (Å²) in [6.07, 6.45) is -3.73. The Morgan fingerprint density at radius 1 is 1.47 bits per heavy atom. The van der Waals surface area contributed by atoms with Gasteiger partial charge in [-0.15, -0.1) is 11.3 Å². The highest BCUT2D eigenvalue weighted by atomic mass is 32.1. The third-order valence-corrected chi connectivity index (χ3v) is 3.41. The summed E-state index contributed by atoms with van der Waals surface area (Å²) < 4.78 is 24.4. The van der Waals surface area contributed by atoms with E-state index in [1.165, 1.54) is 16.7 Å². The molecule has 1 unspecified atom stereocenters. The number of thiazole rings is 1. The zero-order valence-corrected chi connectivity index (χ0v) is 11.2. The molecule has 0 fully saturated rings. The van der Waals surface area contributed by atoms with E-state index in [4.69, 9.17) is 5.11 Å². The van der Waals surface area contributed by atoms with E-state index in [1.807, 2.05) is 19.2 Å². The number of carbonyl (C=O) groups is 2. The summed E-state index contributed by atoms with van der Waals surface area (Å²) >= 11 is 1.27. The summed E-state index contributed by atoms with van der Waals surface area (Å²) in [7, 11) is 0. The van der Waals surface area contributed by atoms with Gasteiger partial charge in [-0.2, -0.15) is 0 Å². The first-order valence-corrected chi connectivity index (χ1v) is 6.46. The number of hydrogen-bond acceptors (Lipinski definition) is 4. The molecule has 0 aliphatic carbocycles. The number of amides is 1. The van der Waals surface area contributed by atoms with Crippen molar-refractivity contribution in [1.82, 2.24) is 10.3 Å². The molecule has 5 nitrogen and oxygen atoms in total. The van der Waals surface area contributed by atoms with E-state index in [2.05, 4.69) is 4.98 Å². The SMILES string of the molecule is CC(C)c1nc(C(=O)NC(CC(F)F)C(=O)O)cs1. The number of nitrogens with one attached hydrogen (secondary N) is 1. The fraction of sp³-hybridized carbons (Fsp3) is 0.545. The maximum absolute atomic E-state index is 12.2. The molecule has 1 aromatic heterocycles. The predicted octanol–water partition coefficient (Wildman–Crippen LogP) is 2.10. The highest BCUT2D eigenvalue weighted by Gasteiger charge is 2.25. The highest BCUT2D eigenvalue weighted by molar-refractivity contribution is 7.09. The van der Waals surface area contributed by atoms with Crippen LogP contribution in [0, 0.1) is 0 Å². The molecule has 0 aromatic carbocycles. The van der Waals surface area contributed by atoms with Gasteiger partial charge in [-0.3, -0.25) is 4.79 Å². The number of alkyl halides is 2. The topological polar surface area (TPSA) is 79.3 Å². The van der Waals surface area contributed by atoms with Gasteiger partial charge in [0.2, 0.25) is 6.43 Å². The predicted molar refractivity (Wildman–Crippen MR) is 65.7 cm³/mol. The Labute approximate surface area is 112 Å². The average molecular weight is 292 g/mol. The fourth-order valence-corrected chi connectivity index (χ4v) is 2.10. The van der Waals surface area contributed by atoms with Crippen LogP contribution in [0.15, 0.2) is 5.38 Å². The number of halogens is 2. The van der Waals surface area contributed by atoms with Gasteiger partial charge in [0.25, 0.3) is 5.91 Å². The van der Waals surface area contributed by atoms with Crippen molar-refractivity contribution in [2.24, 2.45) is 0 Å². The van der Waals surface area contributed by atoms with Gasteiger partial charge in [-0.25, -0.2) is 18.6 Å². The molecule has 1 amide bonds. The summed E-state index contributed by atoms with van der Waals surface area (Å²) in [5, 5.41) is 13.0. The van der Waals surface area contributed by atoms with E-state index in [0.717, 1.165) is 5.01 Å². The van der Waals surface area contributed by atoms with Gasteiger partial charge in [0, 0.05) is 17.7 Å². The Balaban J connectivity index is 2.73. The van der Waals surface area contributed by atoms with Crippen LogP contribution in [-0.2, 0) is 4.79 Å². The average Bonchev–Trinajstić information content (AvgIpc) is 2.76. The Morgan fingerprint density at radius 2 is 2.11 bits per heavy atom. The smallest absolute Gasteiger partial charge is 0.326 e. The molecular formula is C11H14F2N2O3S. The zero-order valence-electron chi connectivity index (χ0n) is 10.4. The first-order valence-electron chi connectivity index (χ1n) is 5.58. The first kappa shape index (κ1) is 15.5. The summed E-state index contributed by atoms with van der Waals surface area (Å²) in [4.78, 5) is 26.5. The maximum atomic E-state index is 12.2. The molecule has 0 aliphatic heterocycles. The van der Waals surface area contributed by atoms with Gasteiger partial charge in [-0.1, -0.05) is 13.8 Å². The monoisotopic (exact) mass is 292 g/mol. The van der Waals surface area contributed by atoms with E-state index in [9.17, 15) is 18.4 Å². The van der Waals surface area contributed by atoms with E-state index in [-0.39, 0.29) is 11.6 Å². The quantitative estimate of drug-likeness (QED) is 0.841. The minimum absolute atomic E-state index is 0.0502. The van der Waals surface area contributed by atoms with E-state index >= 15 is 0 Å². The lowest BCUT2D eigenvalue weighted by Crippen LogP contribution is -2.42. The van der Waals surface area contributed by atoms with Crippen molar-refractivity contribution in [3.63, 3.8) is 0 Å². The van der Waals surface area contributed by atoms with Gasteiger partial charge in [0.15, 0.2) is 0 Å². The molecular weight excluding hydrogens is 278 g/mol. The minimum Gasteiger partial charge on any atom is -0.480 e. The van der Waals surface area contributed by atoms with Crippen LogP contribution in [0.4, 0.5) is 8.78 Å². The van der Waals surface area contributed by atoms with Gasteiger partial charge < -0.3 is 10.4 Å². The Bertz CT molecular complexity index is 463. The Hall–Kier alpha value is -1.57. The molecule has 1 atom stereocenters. The Kier molecular flexibility index (Phi) is 5.34. The Morgan fingerprint density at radius 3 is 2.53 bits per heavy atom. The highest BCUT2D eigenvalue weighted by Crippen LogP contribution is 2.19. The van der Waals surface area contributed by atoms with Crippen LogP contribution in [0.3, 0.4) is 0 Å². The van der Waals surface area contributed by atoms with Crippen LogP contribution in [0.25, 0.3) is 0 Å². The molecule has 2 N–H and O–H groups in total. The summed E-state index contributed by atoms with van der Waals surface area (Å²) in [5.74, 6) is -2.10. The second kappa shape index (κ2) is 6.55. The summed E-state index contributed by atoms with van der Waals surface area (Å²) in [6.45, 7) is 3.80. The lowest BCUT2D eigenvalue weighted by Gasteiger charge is -2.12. The van der Waals surface area contributed by atoms with Crippen LogP contribution in [0.2, 0.25) is 0 Å². The van der Waals surface area contributed by atoms with Crippen molar-refractivity contribution >= 4 is 23.2 Å². The number of nitrogens with zero attached hydrogens (tertiary/aromatic N) is 1. The number of rotatable bonds is 6. The molecule has 8 heteroatoms. The van der Waals surface area contributed by atoms with E-state index in [1.54, 1.807) is 0 Å². The van der Waals surface area contributed by atoms with Crippen molar-refractivity contribution in [3.05, 3.63) is 16.1 Å². The van der Waals surface area contributed by atoms with Gasteiger partial charge in [-0.05, 0) is 0 Å². The number of carboxylic acids is 1. The van der Waals surface area contributed by atoms with Gasteiger partial charge in [0.05, 0.1) is 5.01 Å². The number of carbonyl (C=O) groups excluding carboxylic acids is 1. The standard InChI is InChI=1S/C11H14F2N2O3S/c1-5(2)10-15-7(4-19-10)9(16)14-6(11(17)18)3-8(12)13/h4-6,8H,3H2,1-2H3,(H,14,16)(H,17,18). The third kappa shape index (κ3) is 4.55. The van der Waals surface area contributed by atoms with E-state index < -0.39 is 30.8 Å². The van der Waals surface area contributed by atoms with Gasteiger partial charge >= 0.3 is 5.97 Å². The normalized spacial score (nSPS) is 12.7. The van der Waals surface area contributed by atoms with E-state index in [0.29, 0.717) is 0 Å². The molecule has 0 bridgehead atoms.